The van der Waals surface area contributed by atoms with Gasteiger partial charge in [-0.1, -0.05) is 23.2 Å². The van der Waals surface area contributed by atoms with Crippen molar-refractivity contribution >= 4 is 57.5 Å². The molecule has 1 heterocycles. The lowest BCUT2D eigenvalue weighted by Crippen LogP contribution is -2.32. The number of nitrogens with zero attached hydrogens (tertiary/aromatic N) is 1. The molecule has 0 radical (unpaired) electrons. The van der Waals surface area contributed by atoms with Crippen LogP contribution in [-0.4, -0.2) is 35.9 Å². The van der Waals surface area contributed by atoms with E-state index in [9.17, 15) is 14.4 Å². The van der Waals surface area contributed by atoms with Crippen molar-refractivity contribution in [1.29, 1.82) is 0 Å². The molecule has 1 aromatic carbocycles. The summed E-state index contributed by atoms with van der Waals surface area (Å²) >= 11 is 12.9. The van der Waals surface area contributed by atoms with E-state index in [0.717, 1.165) is 5.69 Å². The SMILES string of the molecule is Cc1csc(NC(=O)COC(=O)CNC(=O)c2ccc(Cl)cc2Cl)n1. The monoisotopic (exact) mass is 401 g/mol. The lowest BCUT2D eigenvalue weighted by Gasteiger charge is -2.07. The molecule has 1 aromatic heterocycles. The van der Waals surface area contributed by atoms with Crippen LogP contribution in [0.4, 0.5) is 5.13 Å². The number of esters is 1. The summed E-state index contributed by atoms with van der Waals surface area (Å²) in [7, 11) is 0. The van der Waals surface area contributed by atoms with Crippen molar-refractivity contribution in [3.8, 4) is 0 Å². The van der Waals surface area contributed by atoms with Gasteiger partial charge in [0.2, 0.25) is 0 Å². The van der Waals surface area contributed by atoms with E-state index in [2.05, 4.69) is 15.6 Å². The molecule has 25 heavy (non-hydrogen) atoms. The molecule has 0 fully saturated rings. The molecule has 0 atom stereocenters. The summed E-state index contributed by atoms with van der Waals surface area (Å²) in [5.41, 5.74) is 0.955. The van der Waals surface area contributed by atoms with Gasteiger partial charge in [0.1, 0.15) is 6.54 Å². The molecule has 0 aliphatic rings. The van der Waals surface area contributed by atoms with Crippen LogP contribution >= 0.6 is 34.5 Å². The van der Waals surface area contributed by atoms with E-state index in [1.165, 1.54) is 29.5 Å². The highest BCUT2D eigenvalue weighted by Gasteiger charge is 2.14. The number of carbonyl (C=O) groups excluding carboxylic acids is 3. The van der Waals surface area contributed by atoms with Crippen molar-refractivity contribution in [1.82, 2.24) is 10.3 Å². The quantitative estimate of drug-likeness (QED) is 0.725. The zero-order valence-corrected chi connectivity index (χ0v) is 15.3. The number of thiazole rings is 1. The Morgan fingerprint density at radius 1 is 1.28 bits per heavy atom. The molecule has 0 saturated carbocycles. The molecule has 132 valence electrons. The van der Waals surface area contributed by atoms with Gasteiger partial charge in [-0.05, 0) is 25.1 Å². The maximum atomic E-state index is 11.9. The Hall–Kier alpha value is -2.16. The van der Waals surface area contributed by atoms with Gasteiger partial charge in [-0.2, -0.15) is 0 Å². The Kier molecular flexibility index (Phi) is 6.74. The van der Waals surface area contributed by atoms with Crippen LogP contribution in [0.1, 0.15) is 16.1 Å². The van der Waals surface area contributed by atoms with Gasteiger partial charge in [0, 0.05) is 10.4 Å². The molecule has 0 saturated heterocycles. The topological polar surface area (TPSA) is 97.4 Å². The number of carbonyl (C=O) groups is 3. The third-order valence-electron chi connectivity index (χ3n) is 2.80. The summed E-state index contributed by atoms with van der Waals surface area (Å²) < 4.78 is 4.78. The second-order valence-corrected chi connectivity index (χ2v) is 6.51. The molecule has 7 nitrogen and oxygen atoms in total. The molecule has 2 aromatic rings. The van der Waals surface area contributed by atoms with E-state index in [0.29, 0.717) is 10.2 Å². The number of anilines is 1. The number of amides is 2. The second-order valence-electron chi connectivity index (χ2n) is 4.81. The Morgan fingerprint density at radius 2 is 2.04 bits per heavy atom. The van der Waals surface area contributed by atoms with Crippen LogP contribution < -0.4 is 10.6 Å². The summed E-state index contributed by atoms with van der Waals surface area (Å²) in [6.45, 7) is 0.915. The Labute approximate surface area is 157 Å². The van der Waals surface area contributed by atoms with Gasteiger partial charge in [-0.25, -0.2) is 4.98 Å². The molecule has 2 N–H and O–H groups in total. The van der Waals surface area contributed by atoms with E-state index in [1.807, 2.05) is 0 Å². The number of benzene rings is 1. The predicted octanol–water partition coefficient (Wildman–Crippen LogP) is 2.67. The van der Waals surface area contributed by atoms with Gasteiger partial charge in [0.15, 0.2) is 11.7 Å². The van der Waals surface area contributed by atoms with Gasteiger partial charge < -0.3 is 10.1 Å². The van der Waals surface area contributed by atoms with Crippen LogP contribution in [0.3, 0.4) is 0 Å². The number of halogens is 2. The third-order valence-corrected chi connectivity index (χ3v) is 4.22. The maximum Gasteiger partial charge on any atom is 0.325 e. The fourth-order valence-electron chi connectivity index (χ4n) is 1.69. The number of aryl methyl sites for hydroxylation is 1. The number of rotatable bonds is 6. The number of aromatic nitrogens is 1. The summed E-state index contributed by atoms with van der Waals surface area (Å²) in [5, 5.41) is 7.60. The standard InChI is InChI=1S/C15H13Cl2N3O4S/c1-8-7-25-15(19-8)20-12(21)6-24-13(22)5-18-14(23)10-3-2-9(16)4-11(10)17/h2-4,7H,5-6H2,1H3,(H,18,23)(H,19,20,21). The first-order valence-electron chi connectivity index (χ1n) is 6.96. The first kappa shape index (κ1) is 19.2. The smallest absolute Gasteiger partial charge is 0.325 e. The number of nitrogens with one attached hydrogen (secondary N) is 2. The summed E-state index contributed by atoms with van der Waals surface area (Å²) in [5.74, 6) is -1.83. The average molecular weight is 402 g/mol. The average Bonchev–Trinajstić information content (AvgIpc) is 2.95. The first-order chi connectivity index (χ1) is 11.8. The number of hydrogen-bond acceptors (Lipinski definition) is 6. The lowest BCUT2D eigenvalue weighted by atomic mass is 10.2. The predicted molar refractivity (Wildman–Crippen MR) is 95.2 cm³/mol. The summed E-state index contributed by atoms with van der Waals surface area (Å²) in [6.07, 6.45) is 0. The number of ether oxygens (including phenoxy) is 1. The minimum Gasteiger partial charge on any atom is -0.454 e. The van der Waals surface area contributed by atoms with Crippen LogP contribution in [0, 0.1) is 6.92 Å². The summed E-state index contributed by atoms with van der Waals surface area (Å²) in [4.78, 5) is 39.2. The first-order valence-corrected chi connectivity index (χ1v) is 8.59. The van der Waals surface area contributed by atoms with Crippen LogP contribution in [0.2, 0.25) is 10.0 Å². The minimum atomic E-state index is -0.760. The van der Waals surface area contributed by atoms with Crippen molar-refractivity contribution < 1.29 is 19.1 Å². The van der Waals surface area contributed by atoms with Crippen LogP contribution in [0.5, 0.6) is 0 Å². The van der Waals surface area contributed by atoms with E-state index in [-0.39, 0.29) is 10.6 Å². The fourth-order valence-corrected chi connectivity index (χ4v) is 2.88. The Bertz CT molecular complexity index is 810. The zero-order chi connectivity index (χ0) is 18.4. The van der Waals surface area contributed by atoms with E-state index in [4.69, 9.17) is 27.9 Å². The second kappa shape index (κ2) is 8.80. The van der Waals surface area contributed by atoms with Gasteiger partial charge >= 0.3 is 5.97 Å². The fraction of sp³-hybridized carbons (Fsp3) is 0.200. The Balaban J connectivity index is 1.74. The Morgan fingerprint density at radius 3 is 2.68 bits per heavy atom. The minimum absolute atomic E-state index is 0.163. The highest BCUT2D eigenvalue weighted by atomic mass is 35.5. The molecule has 0 aliphatic heterocycles. The van der Waals surface area contributed by atoms with Gasteiger partial charge in [0.05, 0.1) is 16.3 Å². The lowest BCUT2D eigenvalue weighted by molar-refractivity contribution is -0.146. The van der Waals surface area contributed by atoms with E-state index in [1.54, 1.807) is 12.3 Å². The van der Waals surface area contributed by atoms with Crippen molar-refractivity contribution in [3.05, 3.63) is 44.9 Å². The molecule has 0 spiro atoms. The van der Waals surface area contributed by atoms with Crippen molar-refractivity contribution in [2.75, 3.05) is 18.5 Å². The van der Waals surface area contributed by atoms with Crippen molar-refractivity contribution in [3.63, 3.8) is 0 Å². The van der Waals surface area contributed by atoms with E-state index < -0.39 is 30.9 Å². The molecule has 2 rings (SSSR count). The van der Waals surface area contributed by atoms with Gasteiger partial charge in [-0.3, -0.25) is 19.7 Å². The van der Waals surface area contributed by atoms with Crippen LogP contribution in [-0.2, 0) is 14.3 Å². The molecule has 2 amide bonds. The van der Waals surface area contributed by atoms with Gasteiger partial charge in [-0.15, -0.1) is 11.3 Å². The maximum absolute atomic E-state index is 11.9. The number of hydrogen-bond donors (Lipinski definition) is 2. The van der Waals surface area contributed by atoms with Crippen LogP contribution in [0.25, 0.3) is 0 Å². The van der Waals surface area contributed by atoms with Crippen molar-refractivity contribution in [2.45, 2.75) is 6.92 Å². The molecule has 0 aliphatic carbocycles. The van der Waals surface area contributed by atoms with E-state index >= 15 is 0 Å². The highest BCUT2D eigenvalue weighted by molar-refractivity contribution is 7.13. The van der Waals surface area contributed by atoms with Crippen LogP contribution in [0.15, 0.2) is 23.6 Å². The largest absolute Gasteiger partial charge is 0.454 e. The third kappa shape index (κ3) is 6.00. The normalized spacial score (nSPS) is 10.2. The molecule has 10 heteroatoms. The summed E-state index contributed by atoms with van der Waals surface area (Å²) in [6, 6.07) is 4.36. The zero-order valence-electron chi connectivity index (χ0n) is 13.0. The molecular weight excluding hydrogens is 389 g/mol. The highest BCUT2D eigenvalue weighted by Crippen LogP contribution is 2.20. The molecule has 0 unspecified atom stereocenters. The van der Waals surface area contributed by atoms with Crippen molar-refractivity contribution in [2.24, 2.45) is 0 Å². The van der Waals surface area contributed by atoms with Gasteiger partial charge in [0.25, 0.3) is 11.8 Å². The molecule has 0 bridgehead atoms. The molecular formula is C15H13Cl2N3O4S.